The number of nitrogens with zero attached hydrogens (tertiary/aromatic N) is 2. The Hall–Kier alpha value is -2.13. The van der Waals surface area contributed by atoms with Gasteiger partial charge in [0, 0.05) is 40.8 Å². The van der Waals surface area contributed by atoms with E-state index in [2.05, 4.69) is 18.8 Å². The van der Waals surface area contributed by atoms with E-state index < -0.39 is 41.7 Å². The highest BCUT2D eigenvalue weighted by atomic mass is 19.4. The van der Waals surface area contributed by atoms with E-state index in [1.54, 1.807) is 0 Å². The van der Waals surface area contributed by atoms with E-state index in [4.69, 9.17) is 9.72 Å². The molecular formula is C27H31F5N2O2. The molecule has 3 unspecified atom stereocenters. The van der Waals surface area contributed by atoms with E-state index in [1.807, 2.05) is 13.8 Å². The van der Waals surface area contributed by atoms with Crippen LogP contribution in [0.2, 0.25) is 0 Å². The van der Waals surface area contributed by atoms with Gasteiger partial charge in [-0.3, -0.25) is 9.97 Å². The molecule has 0 bridgehead atoms. The van der Waals surface area contributed by atoms with Gasteiger partial charge in [0.15, 0.2) is 0 Å². The lowest BCUT2D eigenvalue weighted by molar-refractivity contribution is -0.146. The van der Waals surface area contributed by atoms with E-state index in [-0.39, 0.29) is 36.5 Å². The van der Waals surface area contributed by atoms with Crippen LogP contribution in [-0.4, -0.2) is 21.0 Å². The van der Waals surface area contributed by atoms with Gasteiger partial charge in [0.1, 0.15) is 0 Å². The zero-order valence-electron chi connectivity index (χ0n) is 20.8. The van der Waals surface area contributed by atoms with Crippen molar-refractivity contribution in [2.75, 3.05) is 0 Å². The van der Waals surface area contributed by atoms with E-state index in [1.165, 1.54) is 0 Å². The molecule has 3 atom stereocenters. The molecule has 1 fully saturated rings. The van der Waals surface area contributed by atoms with E-state index >= 15 is 8.78 Å². The first-order chi connectivity index (χ1) is 16.6. The second-order valence-corrected chi connectivity index (χ2v) is 11.7. The number of hydrogen-bond donors (Lipinski definition) is 1. The summed E-state index contributed by atoms with van der Waals surface area (Å²) >= 11 is 0. The van der Waals surface area contributed by atoms with Crippen LogP contribution < -0.4 is 0 Å². The number of halogens is 5. The second-order valence-electron chi connectivity index (χ2n) is 11.7. The molecule has 3 heterocycles. The van der Waals surface area contributed by atoms with Gasteiger partial charge in [-0.05, 0) is 54.7 Å². The molecule has 2 aromatic rings. The summed E-state index contributed by atoms with van der Waals surface area (Å²) in [6.07, 6.45) is -4.18. The highest BCUT2D eigenvalue weighted by Gasteiger charge is 2.57. The van der Waals surface area contributed by atoms with Crippen LogP contribution in [0.5, 0.6) is 0 Å². The first-order valence-electron chi connectivity index (χ1n) is 12.4. The molecule has 0 amide bonds. The predicted octanol–water partition coefficient (Wildman–Crippen LogP) is 6.95. The Kier molecular flexibility index (Phi) is 5.80. The van der Waals surface area contributed by atoms with Crippen molar-refractivity contribution in [1.82, 2.24) is 9.97 Å². The maximum Gasteiger partial charge on any atom is 0.417 e. The first kappa shape index (κ1) is 25.5. The van der Waals surface area contributed by atoms with Crippen LogP contribution in [0.25, 0.3) is 0 Å². The molecule has 4 nitrogen and oxygen atoms in total. The minimum atomic E-state index is -4.60. The fourth-order valence-electron chi connectivity index (χ4n) is 6.36. The van der Waals surface area contributed by atoms with Crippen LogP contribution in [0, 0.1) is 5.41 Å². The van der Waals surface area contributed by atoms with Gasteiger partial charge in [0.2, 0.25) is 0 Å². The number of fused-ring (bicyclic) bond motifs is 4. The quantitative estimate of drug-likeness (QED) is 0.444. The molecule has 9 heteroatoms. The Balaban J connectivity index is 1.62. The smallest absolute Gasteiger partial charge is 0.388 e. The lowest BCUT2D eigenvalue weighted by atomic mass is 9.66. The molecule has 36 heavy (non-hydrogen) atoms. The Morgan fingerprint density at radius 1 is 1.11 bits per heavy atom. The maximum absolute atomic E-state index is 15.2. The minimum Gasteiger partial charge on any atom is -0.388 e. The maximum atomic E-state index is 15.2. The van der Waals surface area contributed by atoms with E-state index in [0.29, 0.717) is 24.6 Å². The van der Waals surface area contributed by atoms with Crippen molar-refractivity contribution in [1.29, 1.82) is 0 Å². The third-order valence-electron chi connectivity index (χ3n) is 8.04. The van der Waals surface area contributed by atoms with Gasteiger partial charge in [-0.1, -0.05) is 27.7 Å². The SMILES string of the molecule is CC(C)c1nc2c(c3c1COC31CCC(F)(F)C(c3ccc(C(F)(F)F)cn3)C1)C(O)CC(C)(C)C2. The number of aliphatic hydroxyl groups excluding tert-OH is 1. The van der Waals surface area contributed by atoms with Gasteiger partial charge in [0.25, 0.3) is 5.92 Å². The fraction of sp³-hybridized carbons (Fsp3) is 0.630. The third kappa shape index (κ3) is 4.12. The fourth-order valence-corrected chi connectivity index (χ4v) is 6.36. The van der Waals surface area contributed by atoms with Crippen molar-refractivity contribution in [3.8, 4) is 0 Å². The van der Waals surface area contributed by atoms with Crippen LogP contribution in [-0.2, 0) is 29.5 Å². The second kappa shape index (κ2) is 8.18. The van der Waals surface area contributed by atoms with Gasteiger partial charge in [-0.15, -0.1) is 0 Å². The summed E-state index contributed by atoms with van der Waals surface area (Å²) in [6, 6.07) is 1.85. The number of pyridine rings is 2. The summed E-state index contributed by atoms with van der Waals surface area (Å²) in [4.78, 5) is 8.76. The molecule has 0 radical (unpaired) electrons. The summed E-state index contributed by atoms with van der Waals surface area (Å²) in [5.41, 5.74) is 1.65. The molecule has 1 saturated carbocycles. The molecule has 1 N–H and O–H groups in total. The summed E-state index contributed by atoms with van der Waals surface area (Å²) in [6.45, 7) is 8.40. The molecule has 5 rings (SSSR count). The van der Waals surface area contributed by atoms with Crippen LogP contribution in [0.4, 0.5) is 22.0 Å². The van der Waals surface area contributed by atoms with Crippen LogP contribution >= 0.6 is 0 Å². The largest absolute Gasteiger partial charge is 0.417 e. The lowest BCUT2D eigenvalue weighted by Crippen LogP contribution is -2.43. The van der Waals surface area contributed by atoms with Crippen molar-refractivity contribution in [2.45, 2.75) is 102 Å². The zero-order valence-corrected chi connectivity index (χ0v) is 20.8. The normalized spacial score (nSPS) is 28.9. The molecule has 3 aliphatic rings. The van der Waals surface area contributed by atoms with Crippen molar-refractivity contribution < 1.29 is 31.8 Å². The highest BCUT2D eigenvalue weighted by Crippen LogP contribution is 2.59. The Morgan fingerprint density at radius 3 is 2.44 bits per heavy atom. The summed E-state index contributed by atoms with van der Waals surface area (Å²) in [5, 5.41) is 11.2. The van der Waals surface area contributed by atoms with Gasteiger partial charge in [-0.2, -0.15) is 13.2 Å². The Labute approximate surface area is 207 Å². The van der Waals surface area contributed by atoms with Gasteiger partial charge in [-0.25, -0.2) is 8.78 Å². The van der Waals surface area contributed by atoms with Crippen molar-refractivity contribution >= 4 is 0 Å². The van der Waals surface area contributed by atoms with Gasteiger partial charge >= 0.3 is 6.18 Å². The number of ether oxygens (including phenoxy) is 1. The number of aliphatic hydroxyl groups is 1. The number of rotatable bonds is 2. The Bertz CT molecular complexity index is 1180. The number of alkyl halides is 5. The molecule has 196 valence electrons. The molecule has 1 aliphatic heterocycles. The van der Waals surface area contributed by atoms with Crippen LogP contribution in [0.15, 0.2) is 18.3 Å². The van der Waals surface area contributed by atoms with Gasteiger partial charge in [0.05, 0.1) is 29.8 Å². The van der Waals surface area contributed by atoms with E-state index in [0.717, 1.165) is 34.6 Å². The van der Waals surface area contributed by atoms with Crippen molar-refractivity contribution in [3.63, 3.8) is 0 Å². The van der Waals surface area contributed by atoms with Crippen molar-refractivity contribution in [3.05, 3.63) is 57.7 Å². The van der Waals surface area contributed by atoms with Crippen LogP contribution in [0.1, 0.15) is 111 Å². The molecular weight excluding hydrogens is 479 g/mol. The molecule has 0 saturated heterocycles. The van der Waals surface area contributed by atoms with Crippen molar-refractivity contribution in [2.24, 2.45) is 5.41 Å². The average Bonchev–Trinajstić information content (AvgIpc) is 3.12. The summed E-state index contributed by atoms with van der Waals surface area (Å²) < 4.78 is 75.9. The molecule has 0 aromatic carbocycles. The topological polar surface area (TPSA) is 55.2 Å². The first-order valence-corrected chi connectivity index (χ1v) is 12.4. The van der Waals surface area contributed by atoms with E-state index in [9.17, 15) is 18.3 Å². The monoisotopic (exact) mass is 510 g/mol. The standard InChI is InChI=1S/C27H31F5N2O2/c1-14(2)23-16-13-36-25(22(16)21-19(34-23)10-24(3,4)11-20(21)35)7-8-26(28,29)17(9-25)18-6-5-15(12-33-18)27(30,31)32/h5-6,12,14,17,20,35H,7-11,13H2,1-4H3. The highest BCUT2D eigenvalue weighted by molar-refractivity contribution is 5.50. The number of aromatic nitrogens is 2. The zero-order chi connectivity index (χ0) is 26.3. The third-order valence-corrected chi connectivity index (χ3v) is 8.04. The minimum absolute atomic E-state index is 0.0498. The number of hydrogen-bond acceptors (Lipinski definition) is 4. The Morgan fingerprint density at radius 2 is 1.83 bits per heavy atom. The molecule has 1 spiro atoms. The summed E-state index contributed by atoms with van der Waals surface area (Å²) in [5.74, 6) is -4.50. The van der Waals surface area contributed by atoms with Gasteiger partial charge < -0.3 is 9.84 Å². The predicted molar refractivity (Wildman–Crippen MR) is 123 cm³/mol. The molecule has 2 aromatic heterocycles. The molecule has 2 aliphatic carbocycles. The van der Waals surface area contributed by atoms with Crippen LogP contribution in [0.3, 0.4) is 0 Å². The lowest BCUT2D eigenvalue weighted by Gasteiger charge is -2.44. The summed E-state index contributed by atoms with van der Waals surface area (Å²) in [7, 11) is 0. The average molecular weight is 511 g/mol.